The molecule has 5 N–H and O–H groups in total. The molecular formula is C42H46N8O6. The van der Waals surface area contributed by atoms with Crippen LogP contribution in [0.5, 0.6) is 0 Å². The number of hydrogen-bond acceptors (Lipinski definition) is 7. The predicted octanol–water partition coefficient (Wildman–Crippen LogP) is 5.21. The van der Waals surface area contributed by atoms with Gasteiger partial charge in [-0.1, -0.05) is 31.8 Å². The number of carboxylic acid groups (broad SMARTS) is 1. The first-order valence-corrected chi connectivity index (χ1v) is 19.2. The lowest BCUT2D eigenvalue weighted by Crippen LogP contribution is -2.51. The second-order valence-electron chi connectivity index (χ2n) is 14.9. The number of nitrogens with zero attached hydrogens (tertiary/aromatic N) is 4. The number of H-pyrrole nitrogens is 2. The number of likely N-dealkylation sites (tertiary alicyclic amines) is 2. The summed E-state index contributed by atoms with van der Waals surface area (Å²) in [6, 6.07) is 9.75. The molecule has 2 fully saturated rings. The molecule has 0 saturated carbocycles. The first kappa shape index (κ1) is 38.0. The van der Waals surface area contributed by atoms with Crippen molar-refractivity contribution in [1.82, 2.24) is 40.4 Å². The van der Waals surface area contributed by atoms with E-state index in [1.807, 2.05) is 43.0 Å². The van der Waals surface area contributed by atoms with Crippen LogP contribution in [0.2, 0.25) is 0 Å². The van der Waals surface area contributed by atoms with E-state index in [2.05, 4.69) is 50.5 Å². The van der Waals surface area contributed by atoms with E-state index in [0.29, 0.717) is 25.3 Å². The number of aromatic nitrogens is 4. The highest BCUT2D eigenvalue weighted by Crippen LogP contribution is 2.37. The number of carbonyl (C=O) groups excluding carboxylic acids is 3. The minimum absolute atomic E-state index is 0.0345. The molecule has 0 spiro atoms. The van der Waals surface area contributed by atoms with E-state index in [-0.39, 0.29) is 36.2 Å². The summed E-state index contributed by atoms with van der Waals surface area (Å²) < 4.78 is 4.78. The molecule has 56 heavy (non-hydrogen) atoms. The number of nitrogens with one attached hydrogen (secondary N) is 4. The Bertz CT molecular complexity index is 2270. The molecule has 14 nitrogen and oxygen atoms in total. The lowest BCUT2D eigenvalue weighted by molar-refractivity contribution is -0.135. The van der Waals surface area contributed by atoms with Gasteiger partial charge in [-0.15, -0.1) is 12.3 Å². The van der Waals surface area contributed by atoms with Gasteiger partial charge in [-0.25, -0.2) is 19.6 Å². The molecule has 2 saturated heterocycles. The van der Waals surface area contributed by atoms with Crippen molar-refractivity contribution in [1.29, 1.82) is 0 Å². The van der Waals surface area contributed by atoms with Gasteiger partial charge in [-0.2, -0.15) is 0 Å². The van der Waals surface area contributed by atoms with Crippen molar-refractivity contribution >= 4 is 35.0 Å². The third kappa shape index (κ3) is 7.78. The lowest BCUT2D eigenvalue weighted by atomic mass is 9.99. The van der Waals surface area contributed by atoms with Crippen LogP contribution in [0.4, 0.5) is 9.59 Å². The maximum absolute atomic E-state index is 13.7. The van der Waals surface area contributed by atoms with Crippen LogP contribution in [0, 0.1) is 30.1 Å². The molecule has 2 aliphatic heterocycles. The molecule has 7 rings (SSSR count). The Morgan fingerprint density at radius 3 is 2.27 bits per heavy atom. The van der Waals surface area contributed by atoms with Crippen molar-refractivity contribution < 1.29 is 29.0 Å². The van der Waals surface area contributed by atoms with E-state index in [9.17, 15) is 24.3 Å². The standard InChI is InChI=1S/C42H46N8O6/c1-5-9-31(46-41(53)54)39(51)49-20-7-12-33(49)37-43-29-19-17-26(23-32(29)45-37)15-14-25-16-18-28-27(22-25)10-6-11-30-36(28)47-38(44-30)34-13-8-21-50(34)40(52)35(24(2)3)48-42(55)56-4/h1,16-19,22-24,31,33-35,46H,6-13,20-21H2,2-4H3,(H,43,45)(H,44,47)(H,48,55)(H,53,54). The van der Waals surface area contributed by atoms with Crippen molar-refractivity contribution in [2.45, 2.75) is 89.4 Å². The van der Waals surface area contributed by atoms with Gasteiger partial charge in [-0.3, -0.25) is 9.59 Å². The van der Waals surface area contributed by atoms with Crippen molar-refractivity contribution in [2.75, 3.05) is 20.2 Å². The number of carbonyl (C=O) groups is 4. The molecule has 14 heteroatoms. The average molecular weight is 759 g/mol. The van der Waals surface area contributed by atoms with Crippen molar-refractivity contribution in [3.63, 3.8) is 0 Å². The van der Waals surface area contributed by atoms with Crippen LogP contribution in [-0.4, -0.2) is 91.1 Å². The highest BCUT2D eigenvalue weighted by atomic mass is 16.5. The smallest absolute Gasteiger partial charge is 0.407 e. The predicted molar refractivity (Wildman–Crippen MR) is 208 cm³/mol. The van der Waals surface area contributed by atoms with Crippen LogP contribution in [0.1, 0.15) is 98.5 Å². The molecule has 2 aromatic carbocycles. The van der Waals surface area contributed by atoms with Crippen LogP contribution in [0.15, 0.2) is 36.4 Å². The largest absolute Gasteiger partial charge is 0.465 e. The fourth-order valence-corrected chi connectivity index (χ4v) is 8.14. The minimum atomic E-state index is -1.30. The average Bonchev–Trinajstić information content (AvgIpc) is 4.00. The van der Waals surface area contributed by atoms with Gasteiger partial charge >= 0.3 is 12.2 Å². The Kier molecular flexibility index (Phi) is 11.0. The molecule has 0 radical (unpaired) electrons. The first-order valence-electron chi connectivity index (χ1n) is 19.2. The van der Waals surface area contributed by atoms with Crippen molar-refractivity contribution in [2.24, 2.45) is 5.92 Å². The Morgan fingerprint density at radius 1 is 0.911 bits per heavy atom. The van der Waals surface area contributed by atoms with Gasteiger partial charge in [0, 0.05) is 41.9 Å². The third-order valence-electron chi connectivity index (χ3n) is 10.9. The van der Waals surface area contributed by atoms with Gasteiger partial charge in [0.15, 0.2) is 0 Å². The second-order valence-corrected chi connectivity index (χ2v) is 14.9. The van der Waals surface area contributed by atoms with Gasteiger partial charge in [0.1, 0.15) is 23.7 Å². The van der Waals surface area contributed by atoms with Crippen molar-refractivity contribution in [3.8, 4) is 35.4 Å². The van der Waals surface area contributed by atoms with Crippen LogP contribution < -0.4 is 10.6 Å². The van der Waals surface area contributed by atoms with Crippen LogP contribution in [0.25, 0.3) is 22.3 Å². The van der Waals surface area contributed by atoms with Gasteiger partial charge < -0.3 is 40.2 Å². The Morgan fingerprint density at radius 2 is 1.59 bits per heavy atom. The zero-order valence-corrected chi connectivity index (χ0v) is 31.8. The molecule has 4 aromatic rings. The van der Waals surface area contributed by atoms with E-state index in [4.69, 9.17) is 21.1 Å². The van der Waals surface area contributed by atoms with E-state index < -0.39 is 24.3 Å². The number of amides is 4. The summed E-state index contributed by atoms with van der Waals surface area (Å²) in [4.78, 5) is 70.6. The van der Waals surface area contributed by atoms with Crippen LogP contribution in [-0.2, 0) is 27.2 Å². The molecular weight excluding hydrogens is 713 g/mol. The quantitative estimate of drug-likeness (QED) is 0.152. The Labute approximate surface area is 325 Å². The normalized spacial score (nSPS) is 18.6. The van der Waals surface area contributed by atoms with E-state index in [1.165, 1.54) is 12.7 Å². The van der Waals surface area contributed by atoms with Gasteiger partial charge in [0.05, 0.1) is 35.9 Å². The summed E-state index contributed by atoms with van der Waals surface area (Å²) >= 11 is 0. The number of hydrogen-bond donors (Lipinski definition) is 5. The second kappa shape index (κ2) is 16.2. The van der Waals surface area contributed by atoms with Gasteiger partial charge in [0.25, 0.3) is 0 Å². The summed E-state index contributed by atoms with van der Waals surface area (Å²) in [6.45, 7) is 4.89. The van der Waals surface area contributed by atoms with Gasteiger partial charge in [0.2, 0.25) is 11.8 Å². The highest BCUT2D eigenvalue weighted by molar-refractivity contribution is 5.87. The molecule has 0 bridgehead atoms. The van der Waals surface area contributed by atoms with Gasteiger partial charge in [-0.05, 0) is 86.8 Å². The maximum atomic E-state index is 13.7. The first-order chi connectivity index (χ1) is 27.0. The fraction of sp³-hybridized carbons (Fsp3) is 0.429. The molecule has 2 aromatic heterocycles. The number of imidazole rings is 2. The number of aryl methyl sites for hydroxylation is 2. The van der Waals surface area contributed by atoms with Crippen LogP contribution >= 0.6 is 0 Å². The number of terminal acetylenes is 1. The van der Waals surface area contributed by atoms with Crippen LogP contribution in [0.3, 0.4) is 0 Å². The maximum Gasteiger partial charge on any atom is 0.407 e. The fourth-order valence-electron chi connectivity index (χ4n) is 8.14. The number of methoxy groups -OCH3 is 1. The molecule has 4 heterocycles. The summed E-state index contributed by atoms with van der Waals surface area (Å²) in [5.74, 6) is 9.83. The molecule has 3 aliphatic rings. The molecule has 1 aliphatic carbocycles. The number of alkyl carbamates (subject to hydrolysis) is 1. The summed E-state index contributed by atoms with van der Waals surface area (Å²) in [6.07, 6.45) is 9.21. The number of rotatable bonds is 8. The zero-order valence-electron chi connectivity index (χ0n) is 31.8. The summed E-state index contributed by atoms with van der Waals surface area (Å²) in [5, 5.41) is 14.2. The summed E-state index contributed by atoms with van der Waals surface area (Å²) in [7, 11) is 1.29. The lowest BCUT2D eigenvalue weighted by Gasteiger charge is -2.30. The Hall–Kier alpha value is -6.28. The third-order valence-corrected chi connectivity index (χ3v) is 10.9. The SMILES string of the molecule is C#CCC(NC(=O)O)C(=O)N1CCCC1c1nc2ccc(C#Cc3ccc4c(c3)CCCc3[nH]c(C5CCCN5C(=O)C(NC(=O)OC)C(C)C)nc3-4)cc2[nH]1. The number of aromatic amines is 2. The summed E-state index contributed by atoms with van der Waals surface area (Å²) in [5.41, 5.74) is 7.43. The Balaban J connectivity index is 1.08. The molecule has 4 amide bonds. The number of benzene rings is 2. The molecule has 4 atom stereocenters. The highest BCUT2D eigenvalue weighted by Gasteiger charge is 2.39. The van der Waals surface area contributed by atoms with E-state index in [1.54, 1.807) is 4.90 Å². The number of fused-ring (bicyclic) bond motifs is 4. The van der Waals surface area contributed by atoms with E-state index >= 15 is 0 Å². The molecule has 290 valence electrons. The van der Waals surface area contributed by atoms with E-state index in [0.717, 1.165) is 83.5 Å². The molecule has 4 unspecified atom stereocenters. The monoisotopic (exact) mass is 758 g/mol. The number of ether oxygens (including phenoxy) is 1. The minimum Gasteiger partial charge on any atom is -0.465 e. The topological polar surface area (TPSA) is 186 Å². The zero-order chi connectivity index (χ0) is 39.5. The van der Waals surface area contributed by atoms with Crippen molar-refractivity contribution in [3.05, 3.63) is 70.4 Å².